The van der Waals surface area contributed by atoms with E-state index in [4.69, 9.17) is 0 Å². The number of benzene rings is 1. The number of carbonyl (C=O) groups is 1. The fourth-order valence-corrected chi connectivity index (χ4v) is 2.43. The van der Waals surface area contributed by atoms with Crippen LogP contribution >= 0.6 is 0 Å². The first kappa shape index (κ1) is 18.9. The molecule has 1 heterocycles. The quantitative estimate of drug-likeness (QED) is 0.799. The fourth-order valence-electron chi connectivity index (χ4n) is 2.43. The summed E-state index contributed by atoms with van der Waals surface area (Å²) in [7, 11) is 1.75. The number of hydrogen-bond donors (Lipinski definition) is 2. The Hall–Kier alpha value is -2.48. The molecule has 0 aliphatic carbocycles. The molecule has 25 heavy (non-hydrogen) atoms. The van der Waals surface area contributed by atoms with Crippen molar-refractivity contribution in [2.45, 2.75) is 26.5 Å². The minimum atomic E-state index is -0.889. The summed E-state index contributed by atoms with van der Waals surface area (Å²) >= 11 is 0. The number of nitrogens with one attached hydrogen (secondary N) is 1. The summed E-state index contributed by atoms with van der Waals surface area (Å²) in [5.41, 5.74) is 0.566. The van der Waals surface area contributed by atoms with Gasteiger partial charge in [0, 0.05) is 13.6 Å². The van der Waals surface area contributed by atoms with E-state index < -0.39 is 6.10 Å². The summed E-state index contributed by atoms with van der Waals surface area (Å²) in [6.45, 7) is 4.84. The van der Waals surface area contributed by atoms with Gasteiger partial charge >= 0.3 is 6.03 Å². The van der Waals surface area contributed by atoms with Crippen LogP contribution in [-0.2, 0) is 13.6 Å². The molecule has 0 bridgehead atoms. The average Bonchev–Trinajstić information content (AvgIpc) is 2.97. The summed E-state index contributed by atoms with van der Waals surface area (Å²) in [4.78, 5) is 18.1. The second-order valence-corrected chi connectivity index (χ2v) is 6.32. The van der Waals surface area contributed by atoms with E-state index in [2.05, 4.69) is 15.4 Å². The largest absolute Gasteiger partial charge is 0.387 e. The monoisotopic (exact) mass is 349 g/mol. The topological polar surface area (TPSA) is 83.3 Å². The Morgan fingerprint density at radius 1 is 1.32 bits per heavy atom. The van der Waals surface area contributed by atoms with E-state index in [0.29, 0.717) is 17.9 Å². The van der Waals surface area contributed by atoms with Gasteiger partial charge in [0.15, 0.2) is 0 Å². The normalized spacial score (nSPS) is 12.2. The molecule has 1 unspecified atom stereocenters. The second-order valence-electron chi connectivity index (χ2n) is 6.32. The molecule has 2 N–H and O–H groups in total. The zero-order valence-corrected chi connectivity index (χ0v) is 14.7. The third-order valence-electron chi connectivity index (χ3n) is 3.72. The third-order valence-corrected chi connectivity index (χ3v) is 3.72. The number of urea groups is 1. The molecule has 0 aliphatic heterocycles. The highest BCUT2D eigenvalue weighted by molar-refractivity contribution is 5.74. The van der Waals surface area contributed by atoms with Gasteiger partial charge in [-0.1, -0.05) is 26.0 Å². The highest BCUT2D eigenvalue weighted by Crippen LogP contribution is 2.16. The number of aliphatic hydroxyl groups is 1. The van der Waals surface area contributed by atoms with Gasteiger partial charge in [0.2, 0.25) is 0 Å². The zero-order chi connectivity index (χ0) is 18.4. The lowest BCUT2D eigenvalue weighted by molar-refractivity contribution is 0.115. The summed E-state index contributed by atoms with van der Waals surface area (Å²) in [6, 6.07) is 5.33. The lowest BCUT2D eigenvalue weighted by atomic mass is 10.1. The molecule has 7 nitrogen and oxygen atoms in total. The van der Waals surface area contributed by atoms with E-state index in [1.807, 2.05) is 13.8 Å². The summed E-state index contributed by atoms with van der Waals surface area (Å²) < 4.78 is 14.6. The number of nitrogens with zero attached hydrogens (tertiary/aromatic N) is 4. The van der Waals surface area contributed by atoms with Gasteiger partial charge in [0.05, 0.1) is 19.2 Å². The van der Waals surface area contributed by atoms with Crippen molar-refractivity contribution in [2.75, 3.05) is 13.1 Å². The van der Waals surface area contributed by atoms with Crippen LogP contribution in [0.5, 0.6) is 0 Å². The number of aryl methyl sites for hydroxylation is 1. The Balaban J connectivity index is 2.00. The highest BCUT2D eigenvalue weighted by Gasteiger charge is 2.20. The molecule has 0 radical (unpaired) electrons. The predicted octanol–water partition coefficient (Wildman–Crippen LogP) is 1.86. The molecule has 0 saturated heterocycles. The van der Waals surface area contributed by atoms with Crippen molar-refractivity contribution in [3.8, 4) is 0 Å². The Bertz CT molecular complexity index is 687. The summed E-state index contributed by atoms with van der Waals surface area (Å²) in [5, 5.41) is 17.1. The van der Waals surface area contributed by atoms with E-state index in [9.17, 15) is 14.3 Å². The number of rotatable bonds is 7. The van der Waals surface area contributed by atoms with Crippen molar-refractivity contribution < 1.29 is 14.3 Å². The second kappa shape index (κ2) is 8.57. The predicted molar refractivity (Wildman–Crippen MR) is 91.0 cm³/mol. The molecule has 0 spiro atoms. The van der Waals surface area contributed by atoms with Gasteiger partial charge in [-0.2, -0.15) is 5.10 Å². The molecule has 1 aromatic heterocycles. The smallest absolute Gasteiger partial charge is 0.317 e. The number of hydrogen-bond acceptors (Lipinski definition) is 4. The van der Waals surface area contributed by atoms with Gasteiger partial charge in [-0.25, -0.2) is 14.2 Å². The Labute approximate surface area is 146 Å². The Morgan fingerprint density at radius 2 is 2.00 bits per heavy atom. The lowest BCUT2D eigenvalue weighted by Gasteiger charge is -2.27. The van der Waals surface area contributed by atoms with Crippen LogP contribution in [0.25, 0.3) is 0 Å². The molecule has 0 fully saturated rings. The van der Waals surface area contributed by atoms with Crippen molar-refractivity contribution in [1.82, 2.24) is 25.0 Å². The molecule has 1 aromatic carbocycles. The molecule has 2 rings (SSSR count). The van der Waals surface area contributed by atoms with Crippen molar-refractivity contribution in [3.63, 3.8) is 0 Å². The van der Waals surface area contributed by atoms with Crippen LogP contribution in [0.3, 0.4) is 0 Å². The molecular formula is C17H24FN5O2. The molecule has 2 amide bonds. The molecule has 8 heteroatoms. The van der Waals surface area contributed by atoms with Gasteiger partial charge < -0.3 is 15.3 Å². The Kier molecular flexibility index (Phi) is 6.46. The van der Waals surface area contributed by atoms with Crippen molar-refractivity contribution in [3.05, 3.63) is 47.8 Å². The molecule has 136 valence electrons. The van der Waals surface area contributed by atoms with Crippen molar-refractivity contribution >= 4 is 6.03 Å². The van der Waals surface area contributed by atoms with Crippen LogP contribution in [0.1, 0.15) is 31.3 Å². The van der Waals surface area contributed by atoms with Crippen LogP contribution in [0.15, 0.2) is 30.6 Å². The maximum Gasteiger partial charge on any atom is 0.317 e. The molecule has 2 aromatic rings. The maximum absolute atomic E-state index is 13.0. The van der Waals surface area contributed by atoms with E-state index in [0.717, 1.165) is 0 Å². The minimum absolute atomic E-state index is 0.120. The number of halogens is 1. The van der Waals surface area contributed by atoms with Gasteiger partial charge in [-0.15, -0.1) is 0 Å². The molecular weight excluding hydrogens is 325 g/mol. The first-order valence-corrected chi connectivity index (χ1v) is 8.16. The number of amides is 2. The van der Waals surface area contributed by atoms with Crippen molar-refractivity contribution in [1.29, 1.82) is 0 Å². The standard InChI is InChI=1S/C17H24FN5O2/c1-12(2)9-23(10-15(24)13-4-6-14(18)7-5-13)17(25)19-8-16-20-11-21-22(16)3/h4-7,11-12,15,24H,8-10H2,1-3H3,(H,19,25). The summed E-state index contributed by atoms with van der Waals surface area (Å²) in [5.74, 6) is 0.509. The fraction of sp³-hybridized carbons (Fsp3) is 0.471. The number of carbonyl (C=O) groups excluding carboxylic acids is 1. The van der Waals surface area contributed by atoms with Gasteiger partial charge in [-0.3, -0.25) is 4.68 Å². The van der Waals surface area contributed by atoms with E-state index in [-0.39, 0.29) is 30.9 Å². The average molecular weight is 349 g/mol. The summed E-state index contributed by atoms with van der Waals surface area (Å²) in [6.07, 6.45) is 0.533. The molecule has 0 aliphatic rings. The lowest BCUT2D eigenvalue weighted by Crippen LogP contribution is -2.44. The Morgan fingerprint density at radius 3 is 2.56 bits per heavy atom. The van der Waals surface area contributed by atoms with Crippen LogP contribution in [0.4, 0.5) is 9.18 Å². The van der Waals surface area contributed by atoms with Gasteiger partial charge in [-0.05, 0) is 23.6 Å². The first-order chi connectivity index (χ1) is 11.9. The molecule has 0 saturated carbocycles. The van der Waals surface area contributed by atoms with E-state index in [1.165, 1.54) is 30.6 Å². The number of aromatic nitrogens is 3. The third kappa shape index (κ3) is 5.53. The van der Waals surface area contributed by atoms with Crippen molar-refractivity contribution in [2.24, 2.45) is 13.0 Å². The van der Waals surface area contributed by atoms with Crippen LogP contribution in [-0.4, -0.2) is 43.9 Å². The SMILES string of the molecule is CC(C)CN(CC(O)c1ccc(F)cc1)C(=O)NCc1ncnn1C. The van der Waals surface area contributed by atoms with Crippen LogP contribution < -0.4 is 5.32 Å². The highest BCUT2D eigenvalue weighted by atomic mass is 19.1. The van der Waals surface area contributed by atoms with Gasteiger partial charge in [0.1, 0.15) is 18.0 Å². The van der Waals surface area contributed by atoms with Gasteiger partial charge in [0.25, 0.3) is 0 Å². The van der Waals surface area contributed by atoms with Crippen LogP contribution in [0, 0.1) is 11.7 Å². The number of aliphatic hydroxyl groups excluding tert-OH is 1. The zero-order valence-electron chi connectivity index (χ0n) is 14.7. The van der Waals surface area contributed by atoms with E-state index in [1.54, 1.807) is 16.6 Å². The van der Waals surface area contributed by atoms with E-state index >= 15 is 0 Å². The first-order valence-electron chi connectivity index (χ1n) is 8.16. The molecule has 1 atom stereocenters. The maximum atomic E-state index is 13.0. The van der Waals surface area contributed by atoms with Crippen LogP contribution in [0.2, 0.25) is 0 Å². The minimum Gasteiger partial charge on any atom is -0.387 e.